The summed E-state index contributed by atoms with van der Waals surface area (Å²) in [4.78, 5) is 8.65. The molecule has 0 radical (unpaired) electrons. The fraction of sp³-hybridized carbons (Fsp3) is 0.286. The summed E-state index contributed by atoms with van der Waals surface area (Å²) in [6.07, 6.45) is 0. The summed E-state index contributed by atoms with van der Waals surface area (Å²) >= 11 is 11.5. The molecule has 0 fully saturated rings. The van der Waals surface area contributed by atoms with Gasteiger partial charge in [-0.1, -0.05) is 23.2 Å². The van der Waals surface area contributed by atoms with E-state index >= 15 is 0 Å². The highest BCUT2D eigenvalue weighted by atomic mass is 35.5. The van der Waals surface area contributed by atoms with E-state index in [4.69, 9.17) is 23.2 Å². The zero-order valence-corrected chi connectivity index (χ0v) is 7.99. The summed E-state index contributed by atoms with van der Waals surface area (Å²) in [5.41, 5.74) is 3.30. The molecule has 1 aromatic rings. The van der Waals surface area contributed by atoms with Gasteiger partial charge in [-0.05, 0) is 12.1 Å². The second-order valence-corrected chi connectivity index (χ2v) is 2.88. The maximum Gasteiger partial charge on any atom is 0.129 e. The van der Waals surface area contributed by atoms with Crippen LogP contribution in [0.5, 0.6) is 0 Å². The van der Waals surface area contributed by atoms with E-state index in [0.717, 1.165) is 0 Å². The Kier molecular flexibility index (Phi) is 3.75. The van der Waals surface area contributed by atoms with Gasteiger partial charge in [-0.15, -0.1) is 0 Å². The molecule has 0 unspecified atom stereocenters. The Labute approximate surface area is 80.6 Å². The van der Waals surface area contributed by atoms with Crippen molar-refractivity contribution < 1.29 is 4.84 Å². The largest absolute Gasteiger partial charge is 0.305 e. The Bertz CT molecular complexity index is 268. The molecule has 1 aromatic heterocycles. The van der Waals surface area contributed by atoms with E-state index in [0.29, 0.717) is 22.4 Å². The van der Waals surface area contributed by atoms with Crippen molar-refractivity contribution in [1.29, 1.82) is 0 Å². The first-order valence-electron chi connectivity index (χ1n) is 3.31. The Balaban J connectivity index is 2.75. The van der Waals surface area contributed by atoms with Crippen LogP contribution < -0.4 is 5.48 Å². The molecule has 1 rings (SSSR count). The van der Waals surface area contributed by atoms with Crippen LogP contribution in [0.1, 0.15) is 5.69 Å². The lowest BCUT2D eigenvalue weighted by Crippen LogP contribution is -2.12. The van der Waals surface area contributed by atoms with Crippen molar-refractivity contribution in [2.75, 3.05) is 7.11 Å². The van der Waals surface area contributed by atoms with Gasteiger partial charge in [0.1, 0.15) is 5.15 Å². The highest BCUT2D eigenvalue weighted by Crippen LogP contribution is 2.16. The molecule has 0 saturated heterocycles. The Morgan fingerprint density at radius 3 is 2.92 bits per heavy atom. The summed E-state index contributed by atoms with van der Waals surface area (Å²) in [6.45, 7) is 0.440. The van der Waals surface area contributed by atoms with Crippen molar-refractivity contribution in [2.45, 2.75) is 6.54 Å². The SMILES string of the molecule is CONCc1nc(Cl)ccc1Cl. The lowest BCUT2D eigenvalue weighted by atomic mass is 10.3. The molecule has 3 nitrogen and oxygen atoms in total. The molecule has 0 aliphatic carbocycles. The first-order chi connectivity index (χ1) is 5.74. The van der Waals surface area contributed by atoms with Crippen LogP contribution in [0.4, 0.5) is 0 Å². The number of hydrogen-bond acceptors (Lipinski definition) is 3. The van der Waals surface area contributed by atoms with Crippen LogP contribution in [0.3, 0.4) is 0 Å². The van der Waals surface area contributed by atoms with Crippen molar-refractivity contribution in [2.24, 2.45) is 0 Å². The molecule has 0 bridgehead atoms. The highest BCUT2D eigenvalue weighted by molar-refractivity contribution is 6.32. The fourth-order valence-corrected chi connectivity index (χ4v) is 1.06. The van der Waals surface area contributed by atoms with Gasteiger partial charge in [0.25, 0.3) is 0 Å². The third kappa shape index (κ3) is 2.60. The molecule has 66 valence electrons. The summed E-state index contributed by atoms with van der Waals surface area (Å²) in [5.74, 6) is 0. The second-order valence-electron chi connectivity index (χ2n) is 2.09. The van der Waals surface area contributed by atoms with Crippen LogP contribution in [-0.2, 0) is 11.4 Å². The number of aromatic nitrogens is 1. The third-order valence-corrected chi connectivity index (χ3v) is 1.82. The maximum atomic E-state index is 5.82. The summed E-state index contributed by atoms with van der Waals surface area (Å²) < 4.78 is 0. The molecule has 0 aromatic carbocycles. The number of pyridine rings is 1. The van der Waals surface area contributed by atoms with Crippen LogP contribution in [-0.4, -0.2) is 12.1 Å². The molecular weight excluding hydrogens is 199 g/mol. The smallest absolute Gasteiger partial charge is 0.129 e. The van der Waals surface area contributed by atoms with Crippen LogP contribution >= 0.6 is 23.2 Å². The quantitative estimate of drug-likeness (QED) is 0.608. The molecule has 0 aliphatic rings. The second kappa shape index (κ2) is 4.62. The molecule has 0 aliphatic heterocycles. The van der Waals surface area contributed by atoms with Gasteiger partial charge in [0.15, 0.2) is 0 Å². The first-order valence-corrected chi connectivity index (χ1v) is 4.06. The van der Waals surface area contributed by atoms with Gasteiger partial charge in [0, 0.05) is 0 Å². The van der Waals surface area contributed by atoms with E-state index in [1.165, 1.54) is 7.11 Å². The maximum absolute atomic E-state index is 5.82. The van der Waals surface area contributed by atoms with Crippen LogP contribution in [0.25, 0.3) is 0 Å². The van der Waals surface area contributed by atoms with E-state index in [9.17, 15) is 0 Å². The van der Waals surface area contributed by atoms with E-state index in [-0.39, 0.29) is 0 Å². The van der Waals surface area contributed by atoms with Gasteiger partial charge < -0.3 is 4.84 Å². The number of rotatable bonds is 3. The minimum absolute atomic E-state index is 0.423. The minimum Gasteiger partial charge on any atom is -0.305 e. The predicted molar refractivity (Wildman–Crippen MR) is 48.1 cm³/mol. The summed E-state index contributed by atoms with van der Waals surface area (Å²) in [7, 11) is 1.53. The average molecular weight is 207 g/mol. The number of nitrogens with zero attached hydrogens (tertiary/aromatic N) is 1. The van der Waals surface area contributed by atoms with Gasteiger partial charge in [-0.3, -0.25) is 0 Å². The molecule has 1 heterocycles. The number of hydrogen-bond donors (Lipinski definition) is 1. The summed E-state index contributed by atoms with van der Waals surface area (Å²) in [6, 6.07) is 3.34. The van der Waals surface area contributed by atoms with E-state index in [1.54, 1.807) is 12.1 Å². The minimum atomic E-state index is 0.423. The Morgan fingerprint density at radius 1 is 1.50 bits per heavy atom. The molecule has 1 N–H and O–H groups in total. The van der Waals surface area contributed by atoms with Gasteiger partial charge in [0.05, 0.1) is 24.4 Å². The van der Waals surface area contributed by atoms with E-state index in [1.807, 2.05) is 0 Å². The van der Waals surface area contributed by atoms with Crippen LogP contribution in [0, 0.1) is 0 Å². The lowest BCUT2D eigenvalue weighted by Gasteiger charge is -2.03. The third-order valence-electron chi connectivity index (χ3n) is 1.27. The lowest BCUT2D eigenvalue weighted by molar-refractivity contribution is 0.0859. The molecule has 0 spiro atoms. The van der Waals surface area contributed by atoms with Crippen molar-refractivity contribution in [1.82, 2.24) is 10.5 Å². The van der Waals surface area contributed by atoms with Gasteiger partial charge in [0.2, 0.25) is 0 Å². The number of nitrogens with one attached hydrogen (secondary N) is 1. The fourth-order valence-electron chi connectivity index (χ4n) is 0.722. The van der Waals surface area contributed by atoms with Gasteiger partial charge in [-0.2, -0.15) is 5.48 Å². The molecule has 12 heavy (non-hydrogen) atoms. The van der Waals surface area contributed by atoms with Gasteiger partial charge in [-0.25, -0.2) is 4.98 Å². The zero-order valence-electron chi connectivity index (χ0n) is 6.47. The average Bonchev–Trinajstić information content (AvgIpc) is 2.07. The molecule has 5 heteroatoms. The Morgan fingerprint density at radius 2 is 2.25 bits per heavy atom. The number of hydroxylamine groups is 1. The van der Waals surface area contributed by atoms with Gasteiger partial charge >= 0.3 is 0 Å². The predicted octanol–water partition coefficient (Wildman–Crippen LogP) is 2.04. The topological polar surface area (TPSA) is 34.1 Å². The van der Waals surface area contributed by atoms with Crippen LogP contribution in [0.15, 0.2) is 12.1 Å². The van der Waals surface area contributed by atoms with E-state index < -0.39 is 0 Å². The normalized spacial score (nSPS) is 10.2. The molecular formula is C7H8Cl2N2O. The monoisotopic (exact) mass is 206 g/mol. The van der Waals surface area contributed by atoms with E-state index in [2.05, 4.69) is 15.3 Å². The number of halogens is 2. The standard InChI is InChI=1S/C7H8Cl2N2O/c1-12-10-4-6-5(8)2-3-7(9)11-6/h2-3,10H,4H2,1H3. The molecule has 0 amide bonds. The van der Waals surface area contributed by atoms with Crippen molar-refractivity contribution in [3.63, 3.8) is 0 Å². The highest BCUT2D eigenvalue weighted by Gasteiger charge is 2.01. The van der Waals surface area contributed by atoms with Crippen molar-refractivity contribution >= 4 is 23.2 Å². The zero-order chi connectivity index (χ0) is 8.97. The first kappa shape index (κ1) is 9.74. The molecule has 0 atom stereocenters. The summed E-state index contributed by atoms with van der Waals surface area (Å²) in [5, 5.41) is 0.997. The van der Waals surface area contributed by atoms with Crippen molar-refractivity contribution in [3.8, 4) is 0 Å². The van der Waals surface area contributed by atoms with Crippen LogP contribution in [0.2, 0.25) is 10.2 Å². The van der Waals surface area contributed by atoms with Crippen molar-refractivity contribution in [3.05, 3.63) is 28.0 Å². The molecule has 0 saturated carbocycles. The Hall–Kier alpha value is -0.350.